The molecule has 0 heteroatoms. The zero-order chi connectivity index (χ0) is 12.3. The highest BCUT2D eigenvalue weighted by atomic mass is 14.5. The summed E-state index contributed by atoms with van der Waals surface area (Å²) in [6, 6.07) is 0. The third-order valence-corrected chi connectivity index (χ3v) is 5.17. The van der Waals surface area contributed by atoms with Crippen molar-refractivity contribution in [2.45, 2.75) is 73.6 Å². The Bertz CT molecular complexity index is 206. The van der Waals surface area contributed by atoms with Gasteiger partial charge < -0.3 is 0 Å². The van der Waals surface area contributed by atoms with Crippen LogP contribution in [0.4, 0.5) is 0 Å². The zero-order valence-electron chi connectivity index (χ0n) is 12.3. The second kappa shape index (κ2) is 5.56. The molecule has 0 radical (unpaired) electrons. The second-order valence-electron chi connectivity index (χ2n) is 7.17. The van der Waals surface area contributed by atoms with Crippen LogP contribution >= 0.6 is 0 Å². The minimum Gasteiger partial charge on any atom is -0.0628 e. The first kappa shape index (κ1) is 14.1. The summed E-state index contributed by atoms with van der Waals surface area (Å²) in [5.74, 6) is 3.72. The average molecular weight is 224 g/mol. The van der Waals surface area contributed by atoms with Crippen LogP contribution in [0.25, 0.3) is 0 Å². The lowest BCUT2D eigenvalue weighted by Crippen LogP contribution is -2.12. The average Bonchev–Trinajstić information content (AvgIpc) is 2.81. The standard InChI is InChI=1S/C16H32/c1-12(2)7-8-13(3)9-10-14(4)16(6)11-15(16)5/h12-15H,7-11H2,1-6H3. The monoisotopic (exact) mass is 224 g/mol. The van der Waals surface area contributed by atoms with Gasteiger partial charge in [0.2, 0.25) is 0 Å². The van der Waals surface area contributed by atoms with Gasteiger partial charge in [0.15, 0.2) is 0 Å². The predicted octanol–water partition coefficient (Wildman–Crippen LogP) is 5.52. The lowest BCUT2D eigenvalue weighted by Gasteiger charge is -2.22. The van der Waals surface area contributed by atoms with E-state index in [2.05, 4.69) is 41.5 Å². The lowest BCUT2D eigenvalue weighted by atomic mass is 9.84. The molecule has 0 aromatic carbocycles. The molecule has 0 aliphatic heterocycles. The normalized spacial score (nSPS) is 32.8. The quantitative estimate of drug-likeness (QED) is 0.534. The van der Waals surface area contributed by atoms with Gasteiger partial charge >= 0.3 is 0 Å². The van der Waals surface area contributed by atoms with Crippen LogP contribution in [0, 0.1) is 29.1 Å². The van der Waals surface area contributed by atoms with E-state index in [1.54, 1.807) is 0 Å². The molecular formula is C16H32. The third-order valence-electron chi connectivity index (χ3n) is 5.17. The first-order chi connectivity index (χ1) is 7.36. The minimum absolute atomic E-state index is 0.692. The van der Waals surface area contributed by atoms with E-state index in [-0.39, 0.29) is 0 Å². The summed E-state index contributed by atoms with van der Waals surface area (Å²) in [6.45, 7) is 14.5. The molecule has 1 saturated carbocycles. The summed E-state index contributed by atoms with van der Waals surface area (Å²) in [7, 11) is 0. The Morgan fingerprint density at radius 2 is 1.50 bits per heavy atom. The maximum absolute atomic E-state index is 2.49. The van der Waals surface area contributed by atoms with Crippen LogP contribution < -0.4 is 0 Å². The molecule has 4 atom stereocenters. The molecule has 0 nitrogen and oxygen atoms in total. The Morgan fingerprint density at radius 1 is 1.00 bits per heavy atom. The summed E-state index contributed by atoms with van der Waals surface area (Å²) in [6.07, 6.45) is 7.19. The van der Waals surface area contributed by atoms with E-state index in [1.165, 1.54) is 32.1 Å². The summed E-state index contributed by atoms with van der Waals surface area (Å²) < 4.78 is 0. The van der Waals surface area contributed by atoms with Crippen LogP contribution in [-0.4, -0.2) is 0 Å². The largest absolute Gasteiger partial charge is 0.0628 e. The van der Waals surface area contributed by atoms with E-state index < -0.39 is 0 Å². The predicted molar refractivity (Wildman–Crippen MR) is 73.5 cm³/mol. The van der Waals surface area contributed by atoms with Crippen LogP contribution in [0.2, 0.25) is 0 Å². The highest BCUT2D eigenvalue weighted by Crippen LogP contribution is 2.58. The number of rotatable bonds is 7. The van der Waals surface area contributed by atoms with Gasteiger partial charge in [0.25, 0.3) is 0 Å². The Labute approximate surface area is 103 Å². The first-order valence-corrected chi connectivity index (χ1v) is 7.36. The topological polar surface area (TPSA) is 0 Å². The Balaban J connectivity index is 2.14. The van der Waals surface area contributed by atoms with Gasteiger partial charge in [0.1, 0.15) is 0 Å². The van der Waals surface area contributed by atoms with Crippen molar-refractivity contribution < 1.29 is 0 Å². The molecule has 1 aliphatic carbocycles. The van der Waals surface area contributed by atoms with E-state index in [0.717, 1.165) is 23.7 Å². The van der Waals surface area contributed by atoms with Crippen molar-refractivity contribution in [1.29, 1.82) is 0 Å². The molecule has 1 rings (SSSR count). The summed E-state index contributed by atoms with van der Waals surface area (Å²) in [5.41, 5.74) is 0.692. The second-order valence-corrected chi connectivity index (χ2v) is 7.17. The highest BCUT2D eigenvalue weighted by Gasteiger charge is 2.49. The fourth-order valence-corrected chi connectivity index (χ4v) is 2.91. The molecule has 0 spiro atoms. The van der Waals surface area contributed by atoms with Gasteiger partial charge in [0, 0.05) is 0 Å². The Morgan fingerprint density at radius 3 is 1.94 bits per heavy atom. The van der Waals surface area contributed by atoms with Gasteiger partial charge in [-0.25, -0.2) is 0 Å². The van der Waals surface area contributed by atoms with Gasteiger partial charge in [-0.2, -0.15) is 0 Å². The molecule has 0 N–H and O–H groups in total. The molecule has 0 heterocycles. The maximum Gasteiger partial charge on any atom is -0.0272 e. The molecule has 4 unspecified atom stereocenters. The third kappa shape index (κ3) is 3.79. The molecule has 1 aliphatic rings. The van der Waals surface area contributed by atoms with E-state index in [0.29, 0.717) is 5.41 Å². The van der Waals surface area contributed by atoms with Crippen molar-refractivity contribution in [3.8, 4) is 0 Å². The van der Waals surface area contributed by atoms with Crippen molar-refractivity contribution in [3.05, 3.63) is 0 Å². The molecule has 0 bridgehead atoms. The minimum atomic E-state index is 0.692. The SMILES string of the molecule is CC(C)CCC(C)CCC(C)C1(C)CC1C. The molecule has 0 amide bonds. The highest BCUT2D eigenvalue weighted by molar-refractivity contribution is 4.99. The van der Waals surface area contributed by atoms with E-state index >= 15 is 0 Å². The van der Waals surface area contributed by atoms with Crippen molar-refractivity contribution in [1.82, 2.24) is 0 Å². The Kier molecular flexibility index (Phi) is 4.88. The molecule has 0 aromatic heterocycles. The van der Waals surface area contributed by atoms with Crippen molar-refractivity contribution >= 4 is 0 Å². The van der Waals surface area contributed by atoms with E-state index in [4.69, 9.17) is 0 Å². The fourth-order valence-electron chi connectivity index (χ4n) is 2.91. The van der Waals surface area contributed by atoms with Crippen LogP contribution in [-0.2, 0) is 0 Å². The summed E-state index contributed by atoms with van der Waals surface area (Å²) in [4.78, 5) is 0. The van der Waals surface area contributed by atoms with Gasteiger partial charge in [-0.05, 0) is 41.9 Å². The fraction of sp³-hybridized carbons (Fsp3) is 1.00. The lowest BCUT2D eigenvalue weighted by molar-refractivity contribution is 0.285. The van der Waals surface area contributed by atoms with Gasteiger partial charge in [0.05, 0.1) is 0 Å². The number of hydrogen-bond acceptors (Lipinski definition) is 0. The first-order valence-electron chi connectivity index (χ1n) is 7.36. The number of hydrogen-bond donors (Lipinski definition) is 0. The maximum atomic E-state index is 2.49. The molecule has 96 valence electrons. The van der Waals surface area contributed by atoms with Crippen molar-refractivity contribution in [2.24, 2.45) is 29.1 Å². The van der Waals surface area contributed by atoms with Crippen LogP contribution in [0.3, 0.4) is 0 Å². The molecule has 0 aromatic rings. The van der Waals surface area contributed by atoms with Gasteiger partial charge in [-0.3, -0.25) is 0 Å². The Hall–Kier alpha value is 0. The molecular weight excluding hydrogens is 192 g/mol. The zero-order valence-corrected chi connectivity index (χ0v) is 12.3. The molecule has 16 heavy (non-hydrogen) atoms. The van der Waals surface area contributed by atoms with E-state index in [9.17, 15) is 0 Å². The van der Waals surface area contributed by atoms with Crippen molar-refractivity contribution in [3.63, 3.8) is 0 Å². The van der Waals surface area contributed by atoms with Crippen LogP contribution in [0.5, 0.6) is 0 Å². The van der Waals surface area contributed by atoms with Crippen LogP contribution in [0.1, 0.15) is 73.6 Å². The van der Waals surface area contributed by atoms with E-state index in [1.807, 2.05) is 0 Å². The molecule has 0 saturated heterocycles. The van der Waals surface area contributed by atoms with Gasteiger partial charge in [-0.1, -0.05) is 60.8 Å². The van der Waals surface area contributed by atoms with Gasteiger partial charge in [-0.15, -0.1) is 0 Å². The summed E-state index contributed by atoms with van der Waals surface area (Å²) >= 11 is 0. The summed E-state index contributed by atoms with van der Waals surface area (Å²) in [5, 5.41) is 0. The smallest absolute Gasteiger partial charge is 0.0272 e. The van der Waals surface area contributed by atoms with Crippen molar-refractivity contribution in [2.75, 3.05) is 0 Å². The van der Waals surface area contributed by atoms with Crippen LogP contribution in [0.15, 0.2) is 0 Å². The molecule has 1 fully saturated rings.